The van der Waals surface area contributed by atoms with Crippen LogP contribution in [-0.2, 0) is 14.9 Å². The van der Waals surface area contributed by atoms with Gasteiger partial charge in [-0.15, -0.1) is 5.10 Å². The van der Waals surface area contributed by atoms with Crippen molar-refractivity contribution >= 4 is 16.0 Å². The third kappa shape index (κ3) is 6.71. The largest absolute Gasteiger partial charge is 0.378 e. The number of hydrogen-bond acceptors (Lipinski definition) is 6. The number of benzene rings is 1. The van der Waals surface area contributed by atoms with Crippen molar-refractivity contribution < 1.29 is 17.5 Å². The van der Waals surface area contributed by atoms with Crippen LogP contribution in [0.5, 0.6) is 0 Å². The first-order chi connectivity index (χ1) is 16.4. The van der Waals surface area contributed by atoms with Crippen LogP contribution in [0.2, 0.25) is 0 Å². The monoisotopic (exact) mass is 491 g/mol. The number of ether oxygens (including phenoxy) is 1. The molecule has 186 valence electrons. The Bertz CT molecular complexity index is 1020. The average Bonchev–Trinajstić information content (AvgIpc) is 2.84. The Morgan fingerprint density at radius 2 is 1.97 bits per heavy atom. The molecule has 1 saturated carbocycles. The Balaban J connectivity index is 1.36. The summed E-state index contributed by atoms with van der Waals surface area (Å²) in [4.78, 5) is 2.14. The molecule has 2 aromatic rings. The SMILES string of the molecule is CCNS(=O)(=O)N[C@H]1CCN(c2cccnn2)C[C@H]1CO[C@H]1CC[C@@H](c2cccc(F)c2)CC1. The van der Waals surface area contributed by atoms with Crippen LogP contribution in [0, 0.1) is 11.7 Å². The van der Waals surface area contributed by atoms with Gasteiger partial charge >= 0.3 is 0 Å². The molecule has 4 rings (SSSR count). The van der Waals surface area contributed by atoms with Crippen molar-refractivity contribution in [2.45, 2.75) is 57.1 Å². The summed E-state index contributed by atoms with van der Waals surface area (Å²) in [5.41, 5.74) is 1.06. The number of nitrogens with one attached hydrogen (secondary N) is 2. The summed E-state index contributed by atoms with van der Waals surface area (Å²) < 4.78 is 50.0. The highest BCUT2D eigenvalue weighted by atomic mass is 32.2. The Kier molecular flexibility index (Phi) is 8.46. The highest BCUT2D eigenvalue weighted by Crippen LogP contribution is 2.34. The normalized spacial score (nSPS) is 25.9. The zero-order valence-corrected chi connectivity index (χ0v) is 20.4. The number of nitrogens with zero attached hydrogens (tertiary/aromatic N) is 3. The summed E-state index contributed by atoms with van der Waals surface area (Å²) in [6.07, 6.45) is 6.17. The maximum absolute atomic E-state index is 13.6. The van der Waals surface area contributed by atoms with Crippen molar-refractivity contribution in [2.24, 2.45) is 5.92 Å². The fraction of sp³-hybridized carbons (Fsp3) is 0.583. The first-order valence-electron chi connectivity index (χ1n) is 12.1. The number of rotatable bonds is 9. The minimum Gasteiger partial charge on any atom is -0.378 e. The van der Waals surface area contributed by atoms with Gasteiger partial charge in [0.05, 0.1) is 12.7 Å². The van der Waals surface area contributed by atoms with E-state index in [1.807, 2.05) is 18.2 Å². The van der Waals surface area contributed by atoms with Crippen molar-refractivity contribution in [3.63, 3.8) is 0 Å². The van der Waals surface area contributed by atoms with E-state index in [2.05, 4.69) is 24.5 Å². The molecule has 0 unspecified atom stereocenters. The topological polar surface area (TPSA) is 96.5 Å². The molecule has 2 N–H and O–H groups in total. The van der Waals surface area contributed by atoms with Crippen molar-refractivity contribution in [1.29, 1.82) is 0 Å². The van der Waals surface area contributed by atoms with Crippen LogP contribution >= 0.6 is 0 Å². The van der Waals surface area contributed by atoms with Gasteiger partial charge in [-0.05, 0) is 67.9 Å². The van der Waals surface area contributed by atoms with Crippen LogP contribution in [0.25, 0.3) is 0 Å². The van der Waals surface area contributed by atoms with Gasteiger partial charge in [0.2, 0.25) is 0 Å². The molecule has 0 amide bonds. The second-order valence-electron chi connectivity index (χ2n) is 9.16. The minimum atomic E-state index is -3.56. The predicted molar refractivity (Wildman–Crippen MR) is 129 cm³/mol. The summed E-state index contributed by atoms with van der Waals surface area (Å²) in [5, 5.41) is 8.19. The molecule has 10 heteroatoms. The minimum absolute atomic E-state index is 0.0230. The Labute approximate surface area is 201 Å². The summed E-state index contributed by atoms with van der Waals surface area (Å²) in [6, 6.07) is 10.4. The van der Waals surface area contributed by atoms with Gasteiger partial charge < -0.3 is 9.64 Å². The van der Waals surface area contributed by atoms with Gasteiger partial charge in [0.1, 0.15) is 5.82 Å². The Morgan fingerprint density at radius 3 is 2.68 bits per heavy atom. The first-order valence-corrected chi connectivity index (χ1v) is 13.6. The molecule has 0 spiro atoms. The van der Waals surface area contributed by atoms with E-state index in [0.717, 1.165) is 37.1 Å². The lowest BCUT2D eigenvalue weighted by atomic mass is 9.82. The summed E-state index contributed by atoms with van der Waals surface area (Å²) in [7, 11) is -3.56. The smallest absolute Gasteiger partial charge is 0.277 e. The van der Waals surface area contributed by atoms with Gasteiger partial charge in [-0.1, -0.05) is 19.1 Å². The second-order valence-corrected chi connectivity index (χ2v) is 10.7. The number of halogens is 1. The van der Waals surface area contributed by atoms with Gasteiger partial charge in [0.25, 0.3) is 10.2 Å². The number of piperidine rings is 1. The third-order valence-corrected chi connectivity index (χ3v) is 8.08. The van der Waals surface area contributed by atoms with Crippen LogP contribution in [0.15, 0.2) is 42.6 Å². The van der Waals surface area contributed by atoms with Crippen molar-refractivity contribution in [3.8, 4) is 0 Å². The Hall–Kier alpha value is -2.14. The fourth-order valence-electron chi connectivity index (χ4n) is 5.04. The summed E-state index contributed by atoms with van der Waals surface area (Å²) >= 11 is 0. The van der Waals surface area contributed by atoms with Gasteiger partial charge in [-0.3, -0.25) is 0 Å². The van der Waals surface area contributed by atoms with Crippen molar-refractivity contribution in [1.82, 2.24) is 19.6 Å². The quantitative estimate of drug-likeness (QED) is 0.560. The van der Waals surface area contributed by atoms with E-state index >= 15 is 0 Å². The molecule has 0 bridgehead atoms. The highest BCUT2D eigenvalue weighted by molar-refractivity contribution is 7.87. The molecular weight excluding hydrogens is 457 g/mol. The molecule has 2 fully saturated rings. The van der Waals surface area contributed by atoms with Gasteiger partial charge in [-0.2, -0.15) is 18.2 Å². The molecule has 1 aromatic carbocycles. The van der Waals surface area contributed by atoms with Crippen LogP contribution in [0.3, 0.4) is 0 Å². The molecule has 2 atom stereocenters. The predicted octanol–water partition coefficient (Wildman–Crippen LogP) is 3.00. The number of aromatic nitrogens is 2. The average molecular weight is 492 g/mol. The molecule has 34 heavy (non-hydrogen) atoms. The highest BCUT2D eigenvalue weighted by Gasteiger charge is 2.34. The van der Waals surface area contributed by atoms with E-state index < -0.39 is 10.2 Å². The maximum Gasteiger partial charge on any atom is 0.277 e. The lowest BCUT2D eigenvalue weighted by Gasteiger charge is -2.40. The van der Waals surface area contributed by atoms with Gasteiger partial charge in [-0.25, -0.2) is 9.11 Å². The summed E-state index contributed by atoms with van der Waals surface area (Å²) in [6.45, 7) is 3.88. The van der Waals surface area contributed by atoms with Crippen LogP contribution in [0.4, 0.5) is 10.2 Å². The van der Waals surface area contributed by atoms with Gasteiger partial charge in [0, 0.05) is 37.8 Å². The van der Waals surface area contributed by atoms with E-state index in [0.29, 0.717) is 38.6 Å². The van der Waals surface area contributed by atoms with E-state index in [1.54, 1.807) is 25.3 Å². The zero-order chi connectivity index (χ0) is 24.0. The Morgan fingerprint density at radius 1 is 1.15 bits per heavy atom. The molecular formula is C24H34FN5O3S. The number of anilines is 1. The second kappa shape index (κ2) is 11.5. The standard InChI is InChI=1S/C24H34FN5O3S/c1-2-27-34(31,32)29-23-12-14-30(24-7-4-13-26-28-24)16-20(23)17-33-22-10-8-18(9-11-22)19-5-3-6-21(25)15-19/h3-7,13,15,18,20,22-23,27,29H,2,8-12,14,16-17H2,1H3/t18-,20-,22+,23-/m0/s1. The van der Waals surface area contributed by atoms with Crippen LogP contribution in [-0.4, -0.2) is 57.0 Å². The molecule has 1 aliphatic heterocycles. The lowest BCUT2D eigenvalue weighted by molar-refractivity contribution is -0.00218. The molecule has 1 aromatic heterocycles. The van der Waals surface area contributed by atoms with Crippen LogP contribution in [0.1, 0.15) is 50.5 Å². The number of hydrogen-bond donors (Lipinski definition) is 2. The van der Waals surface area contributed by atoms with Crippen molar-refractivity contribution in [3.05, 3.63) is 54.0 Å². The van der Waals surface area contributed by atoms with Crippen LogP contribution < -0.4 is 14.3 Å². The zero-order valence-electron chi connectivity index (χ0n) is 19.6. The molecule has 0 radical (unpaired) electrons. The van der Waals surface area contributed by atoms with E-state index in [-0.39, 0.29) is 23.9 Å². The van der Waals surface area contributed by atoms with E-state index in [9.17, 15) is 12.8 Å². The molecule has 2 heterocycles. The third-order valence-electron chi connectivity index (χ3n) is 6.80. The fourth-order valence-corrected chi connectivity index (χ4v) is 6.21. The van der Waals surface area contributed by atoms with E-state index in [4.69, 9.17) is 4.74 Å². The molecule has 1 saturated heterocycles. The molecule has 8 nitrogen and oxygen atoms in total. The summed E-state index contributed by atoms with van der Waals surface area (Å²) in [5.74, 6) is 0.935. The lowest BCUT2D eigenvalue weighted by Crippen LogP contribution is -2.55. The first kappa shape index (κ1) is 25.0. The van der Waals surface area contributed by atoms with Gasteiger partial charge in [0.15, 0.2) is 5.82 Å². The maximum atomic E-state index is 13.6. The molecule has 2 aliphatic rings. The molecule has 1 aliphatic carbocycles. The van der Waals surface area contributed by atoms with Crippen molar-refractivity contribution in [2.75, 3.05) is 31.1 Å². The van der Waals surface area contributed by atoms with E-state index in [1.165, 1.54) is 6.07 Å².